The van der Waals surface area contributed by atoms with Crippen LogP contribution in [0.15, 0.2) is 28.6 Å². The molecule has 10 heteroatoms. The smallest absolute Gasteiger partial charge is 0.234 e. The molecule has 3 N–H and O–H groups in total. The Hall–Kier alpha value is -2.17. The molecule has 0 aliphatic carbocycles. The third kappa shape index (κ3) is 7.08. The van der Waals surface area contributed by atoms with Crippen LogP contribution in [-0.2, 0) is 14.3 Å². The maximum atomic E-state index is 12.0. The van der Waals surface area contributed by atoms with Crippen LogP contribution in [0.4, 0.5) is 16.5 Å². The number of nitrogens with one attached hydrogen (secondary N) is 3. The standard InChI is InChI=1S/C15H19N5O3S2/c1-10(21)17-11-3-5-12(6-4-11)18-13(22)9-24-15-20-19-14(25-15)16-7-8-23-2/h3-6H,7-9H2,1-2H3,(H,16,19)(H,17,21)(H,18,22). The third-order valence-corrected chi connectivity index (χ3v) is 4.82. The van der Waals surface area contributed by atoms with Gasteiger partial charge in [0, 0.05) is 32.0 Å². The number of aromatic nitrogens is 2. The summed E-state index contributed by atoms with van der Waals surface area (Å²) in [5.41, 5.74) is 1.35. The summed E-state index contributed by atoms with van der Waals surface area (Å²) < 4.78 is 5.67. The number of methoxy groups -OCH3 is 1. The normalized spacial score (nSPS) is 10.3. The first-order valence-corrected chi connectivity index (χ1v) is 9.23. The first-order valence-electron chi connectivity index (χ1n) is 7.43. The van der Waals surface area contributed by atoms with Crippen LogP contribution in [-0.4, -0.2) is 48.0 Å². The molecule has 134 valence electrons. The highest BCUT2D eigenvalue weighted by Crippen LogP contribution is 2.25. The van der Waals surface area contributed by atoms with Gasteiger partial charge in [-0.1, -0.05) is 23.1 Å². The molecule has 1 aromatic heterocycles. The lowest BCUT2D eigenvalue weighted by molar-refractivity contribution is -0.114. The van der Waals surface area contributed by atoms with E-state index in [2.05, 4.69) is 26.1 Å². The van der Waals surface area contributed by atoms with Gasteiger partial charge in [-0.2, -0.15) is 0 Å². The molecule has 8 nitrogen and oxygen atoms in total. The second-order valence-electron chi connectivity index (χ2n) is 4.89. The zero-order chi connectivity index (χ0) is 18.1. The van der Waals surface area contributed by atoms with Gasteiger partial charge in [0.1, 0.15) is 0 Å². The lowest BCUT2D eigenvalue weighted by Gasteiger charge is -2.06. The zero-order valence-electron chi connectivity index (χ0n) is 13.9. The van der Waals surface area contributed by atoms with E-state index in [0.29, 0.717) is 29.7 Å². The summed E-state index contributed by atoms with van der Waals surface area (Å²) in [6.45, 7) is 2.69. The van der Waals surface area contributed by atoms with E-state index in [4.69, 9.17) is 4.74 Å². The molecule has 2 aromatic rings. The molecule has 0 bridgehead atoms. The number of benzene rings is 1. The van der Waals surface area contributed by atoms with Crippen molar-refractivity contribution >= 4 is 51.4 Å². The van der Waals surface area contributed by atoms with Gasteiger partial charge in [0.25, 0.3) is 0 Å². The van der Waals surface area contributed by atoms with Crippen molar-refractivity contribution in [2.24, 2.45) is 0 Å². The molecule has 0 spiro atoms. The average molecular weight is 381 g/mol. The molecule has 0 aliphatic heterocycles. The maximum absolute atomic E-state index is 12.0. The number of anilines is 3. The number of hydrogen-bond donors (Lipinski definition) is 3. The number of thioether (sulfide) groups is 1. The summed E-state index contributed by atoms with van der Waals surface area (Å²) in [6.07, 6.45) is 0. The van der Waals surface area contributed by atoms with Crippen molar-refractivity contribution in [2.75, 3.05) is 42.0 Å². The highest BCUT2D eigenvalue weighted by molar-refractivity contribution is 8.01. The predicted octanol–water partition coefficient (Wildman–Crippen LogP) is 2.29. The van der Waals surface area contributed by atoms with Crippen LogP contribution >= 0.6 is 23.1 Å². The lowest BCUT2D eigenvalue weighted by atomic mass is 10.3. The van der Waals surface area contributed by atoms with Gasteiger partial charge in [-0.05, 0) is 24.3 Å². The lowest BCUT2D eigenvalue weighted by Crippen LogP contribution is -2.14. The molecule has 1 heterocycles. The Morgan fingerprint density at radius 1 is 1.16 bits per heavy atom. The number of carbonyl (C=O) groups is 2. The molecular weight excluding hydrogens is 362 g/mol. The van der Waals surface area contributed by atoms with Gasteiger partial charge in [-0.3, -0.25) is 9.59 Å². The number of ether oxygens (including phenoxy) is 1. The maximum Gasteiger partial charge on any atom is 0.234 e. The van der Waals surface area contributed by atoms with Gasteiger partial charge in [0.05, 0.1) is 12.4 Å². The monoisotopic (exact) mass is 381 g/mol. The van der Waals surface area contributed by atoms with Crippen molar-refractivity contribution in [1.29, 1.82) is 0 Å². The molecule has 2 rings (SSSR count). The van der Waals surface area contributed by atoms with E-state index in [1.165, 1.54) is 30.0 Å². The van der Waals surface area contributed by atoms with E-state index in [0.717, 1.165) is 4.34 Å². The van der Waals surface area contributed by atoms with Crippen molar-refractivity contribution in [1.82, 2.24) is 10.2 Å². The minimum Gasteiger partial charge on any atom is -0.383 e. The van der Waals surface area contributed by atoms with Gasteiger partial charge < -0.3 is 20.7 Å². The molecule has 0 saturated heterocycles. The zero-order valence-corrected chi connectivity index (χ0v) is 15.5. The molecule has 0 fully saturated rings. The van der Waals surface area contributed by atoms with Crippen molar-refractivity contribution in [3.63, 3.8) is 0 Å². The summed E-state index contributed by atoms with van der Waals surface area (Å²) in [5.74, 6) is -0.0390. The third-order valence-electron chi connectivity index (χ3n) is 2.80. The summed E-state index contributed by atoms with van der Waals surface area (Å²) >= 11 is 2.72. The van der Waals surface area contributed by atoms with Gasteiger partial charge in [0.2, 0.25) is 16.9 Å². The van der Waals surface area contributed by atoms with E-state index in [9.17, 15) is 9.59 Å². The Labute approximate surface area is 153 Å². The van der Waals surface area contributed by atoms with Crippen LogP contribution in [0.1, 0.15) is 6.92 Å². The first-order chi connectivity index (χ1) is 12.1. The van der Waals surface area contributed by atoms with Crippen LogP contribution in [0.25, 0.3) is 0 Å². The quantitative estimate of drug-likeness (QED) is 0.452. The number of rotatable bonds is 9. The fraction of sp³-hybridized carbons (Fsp3) is 0.333. The molecule has 2 amide bonds. The minimum atomic E-state index is -0.138. The van der Waals surface area contributed by atoms with Crippen molar-refractivity contribution in [3.8, 4) is 0 Å². The number of amides is 2. The van der Waals surface area contributed by atoms with Gasteiger partial charge in [0.15, 0.2) is 4.34 Å². The van der Waals surface area contributed by atoms with Crippen LogP contribution in [0.3, 0.4) is 0 Å². The van der Waals surface area contributed by atoms with Crippen LogP contribution in [0.5, 0.6) is 0 Å². The Morgan fingerprint density at radius 2 is 1.84 bits per heavy atom. The molecule has 1 aromatic carbocycles. The molecule has 0 unspecified atom stereocenters. The average Bonchev–Trinajstić information content (AvgIpc) is 3.02. The summed E-state index contributed by atoms with van der Waals surface area (Å²) in [5, 5.41) is 17.3. The predicted molar refractivity (Wildman–Crippen MR) is 100 cm³/mol. The van der Waals surface area contributed by atoms with E-state index >= 15 is 0 Å². The highest BCUT2D eigenvalue weighted by Gasteiger charge is 2.08. The molecule has 0 atom stereocenters. The van der Waals surface area contributed by atoms with Gasteiger partial charge >= 0.3 is 0 Å². The summed E-state index contributed by atoms with van der Waals surface area (Å²) in [7, 11) is 1.63. The van der Waals surface area contributed by atoms with E-state index in [1.807, 2.05) is 0 Å². The van der Waals surface area contributed by atoms with Crippen LogP contribution in [0, 0.1) is 0 Å². The van der Waals surface area contributed by atoms with Crippen molar-refractivity contribution < 1.29 is 14.3 Å². The van der Waals surface area contributed by atoms with Crippen LogP contribution < -0.4 is 16.0 Å². The fourth-order valence-electron chi connectivity index (χ4n) is 1.76. The Kier molecular flexibility index (Phi) is 7.64. The molecular formula is C15H19N5O3S2. The SMILES string of the molecule is COCCNc1nnc(SCC(=O)Nc2ccc(NC(C)=O)cc2)s1. The van der Waals surface area contributed by atoms with Crippen LogP contribution in [0.2, 0.25) is 0 Å². The molecule has 0 aliphatic rings. The highest BCUT2D eigenvalue weighted by atomic mass is 32.2. The van der Waals surface area contributed by atoms with Crippen molar-refractivity contribution in [2.45, 2.75) is 11.3 Å². The number of nitrogens with zero attached hydrogens (tertiary/aromatic N) is 2. The van der Waals surface area contributed by atoms with Gasteiger partial charge in [-0.25, -0.2) is 0 Å². The topological polar surface area (TPSA) is 105 Å². The van der Waals surface area contributed by atoms with Crippen molar-refractivity contribution in [3.05, 3.63) is 24.3 Å². The second-order valence-corrected chi connectivity index (χ2v) is 7.09. The van der Waals surface area contributed by atoms with E-state index in [1.54, 1.807) is 31.4 Å². The Bertz CT molecular complexity index is 705. The Balaban J connectivity index is 1.75. The van der Waals surface area contributed by atoms with E-state index < -0.39 is 0 Å². The number of carbonyl (C=O) groups excluding carboxylic acids is 2. The van der Waals surface area contributed by atoms with Gasteiger partial charge in [-0.15, -0.1) is 10.2 Å². The molecule has 0 saturated carbocycles. The first kappa shape index (κ1) is 19.2. The van der Waals surface area contributed by atoms with E-state index in [-0.39, 0.29) is 17.6 Å². The largest absolute Gasteiger partial charge is 0.383 e. The molecule has 25 heavy (non-hydrogen) atoms. The second kappa shape index (κ2) is 9.97. The summed E-state index contributed by atoms with van der Waals surface area (Å²) in [4.78, 5) is 23.0. The molecule has 0 radical (unpaired) electrons. The summed E-state index contributed by atoms with van der Waals surface area (Å²) in [6, 6.07) is 6.92. The number of hydrogen-bond acceptors (Lipinski definition) is 8. The Morgan fingerprint density at radius 3 is 2.48 bits per heavy atom. The minimum absolute atomic E-state index is 0.138. The fourth-order valence-corrected chi connectivity index (χ4v) is 3.34.